The van der Waals surface area contributed by atoms with Crippen LogP contribution in [0.25, 0.3) is 0 Å². The van der Waals surface area contributed by atoms with Gasteiger partial charge in [-0.1, -0.05) is 0 Å². The fourth-order valence-electron chi connectivity index (χ4n) is 0. The summed E-state index contributed by atoms with van der Waals surface area (Å²) in [5.74, 6) is 0. The second-order valence-corrected chi connectivity index (χ2v) is 0. The van der Waals surface area contributed by atoms with E-state index in [1.807, 2.05) is 0 Å². The van der Waals surface area contributed by atoms with Crippen molar-refractivity contribution in [3.05, 3.63) is 0 Å². The van der Waals surface area contributed by atoms with Gasteiger partial charge in [0.2, 0.25) is 0 Å². The first-order chi connectivity index (χ1) is 0. The van der Waals surface area contributed by atoms with E-state index in [4.69, 9.17) is 0 Å². The standard InChI is InChI=1S/Co.Li.Mn.Ni.Ti.H. The zero-order valence-corrected chi connectivity index (χ0v) is 6.30. The van der Waals surface area contributed by atoms with Crippen molar-refractivity contribution >= 4 is 18.9 Å². The van der Waals surface area contributed by atoms with Crippen LogP contribution in [0, 0.1) is 0 Å². The van der Waals surface area contributed by atoms with Gasteiger partial charge in [-0.3, -0.25) is 0 Å². The Morgan fingerprint density at radius 3 is 1.00 bits per heavy atom. The second-order valence-electron chi connectivity index (χ2n) is 0. The third-order valence-electron chi connectivity index (χ3n) is 0. The van der Waals surface area contributed by atoms with Crippen LogP contribution >= 0.6 is 0 Å². The summed E-state index contributed by atoms with van der Waals surface area (Å²) >= 11 is 0. The van der Waals surface area contributed by atoms with Crippen molar-refractivity contribution in [3.8, 4) is 0 Å². The maximum Gasteiger partial charge on any atom is 0 e. The van der Waals surface area contributed by atoms with Gasteiger partial charge in [-0.15, -0.1) is 0 Å². The van der Waals surface area contributed by atoms with E-state index in [-0.39, 0.29) is 90.9 Å². The Morgan fingerprint density at radius 2 is 1.00 bits per heavy atom. The van der Waals surface area contributed by atoms with Crippen LogP contribution < -0.4 is 0 Å². The topological polar surface area (TPSA) is 0 Å². The van der Waals surface area contributed by atoms with Crippen molar-refractivity contribution in [1.29, 1.82) is 0 Å². The average molecular weight is 228 g/mol. The molecule has 5 heavy (non-hydrogen) atoms. The molecule has 0 unspecified atom stereocenters. The van der Waals surface area contributed by atoms with Crippen LogP contribution in [0.4, 0.5) is 0 Å². The van der Waals surface area contributed by atoms with E-state index in [0.717, 1.165) is 0 Å². The molecule has 5 heteroatoms. The van der Waals surface area contributed by atoms with Crippen LogP contribution in [-0.4, -0.2) is 18.9 Å². The Hall–Kier alpha value is 2.83. The maximum atomic E-state index is 0. The minimum atomic E-state index is 0. The third kappa shape index (κ3) is 19.9. The molecule has 0 nitrogen and oxygen atoms in total. The Balaban J connectivity index is 0. The monoisotopic (exact) mass is 228 g/mol. The fourth-order valence-corrected chi connectivity index (χ4v) is 0. The first-order valence-electron chi connectivity index (χ1n) is 0. The molecule has 0 amide bonds. The normalized spacial score (nSPS) is 0. The molecule has 0 aromatic heterocycles. The van der Waals surface area contributed by atoms with Crippen LogP contribution in [0.2, 0.25) is 0 Å². The molecule has 0 saturated heterocycles. The van der Waals surface area contributed by atoms with Gasteiger partial charge in [0.1, 0.15) is 0 Å². The molecule has 2 radical (unpaired) electrons. The molecular weight excluding hydrogens is 227 g/mol. The zero-order valence-electron chi connectivity index (χ0n) is 1.53. The molecular formula is HCoLiMnNiTi. The fraction of sp³-hybridized carbons (Fsp3) is 0. The molecule has 0 N–H and O–H groups in total. The minimum absolute atomic E-state index is 0. The van der Waals surface area contributed by atoms with Crippen LogP contribution in [0.3, 0.4) is 0 Å². The SMILES string of the molecule is [Co].[LiH].[Mn].[Ni].[Ti]. The van der Waals surface area contributed by atoms with E-state index in [9.17, 15) is 0 Å². The van der Waals surface area contributed by atoms with Gasteiger partial charge in [-0.05, 0) is 0 Å². The molecule has 0 rings (SSSR count). The molecule has 0 spiro atoms. The molecule has 0 aliphatic carbocycles. The summed E-state index contributed by atoms with van der Waals surface area (Å²) in [4.78, 5) is 0. The van der Waals surface area contributed by atoms with Gasteiger partial charge in [0.05, 0.1) is 0 Å². The molecule has 0 aromatic carbocycles. The van der Waals surface area contributed by atoms with Gasteiger partial charge in [-0.2, -0.15) is 0 Å². The summed E-state index contributed by atoms with van der Waals surface area (Å²) in [6.07, 6.45) is 0. The second kappa shape index (κ2) is 29.0. The summed E-state index contributed by atoms with van der Waals surface area (Å²) in [5.41, 5.74) is 0. The molecule has 0 aliphatic heterocycles. The molecule has 0 fully saturated rings. The summed E-state index contributed by atoms with van der Waals surface area (Å²) in [6, 6.07) is 0. The van der Waals surface area contributed by atoms with Crippen molar-refractivity contribution in [1.82, 2.24) is 0 Å². The van der Waals surface area contributed by atoms with Crippen molar-refractivity contribution in [3.63, 3.8) is 0 Å². The smallest absolute Gasteiger partial charge is 0 e. The third-order valence-corrected chi connectivity index (χ3v) is 0. The Bertz CT molecular complexity index is 11.6. The van der Waals surface area contributed by atoms with Crippen LogP contribution in [0.1, 0.15) is 0 Å². The van der Waals surface area contributed by atoms with Crippen LogP contribution in [0.15, 0.2) is 0 Å². The maximum absolute atomic E-state index is 0. The molecule has 32 valence electrons. The van der Waals surface area contributed by atoms with Crippen molar-refractivity contribution < 1.29 is 72.1 Å². The van der Waals surface area contributed by atoms with Gasteiger partial charge < -0.3 is 0 Å². The molecule has 0 heterocycles. The largest absolute Gasteiger partial charge is 0 e. The first kappa shape index (κ1) is 45.6. The first-order valence-corrected chi connectivity index (χ1v) is 0. The van der Waals surface area contributed by atoms with Gasteiger partial charge >= 0.3 is 18.9 Å². The van der Waals surface area contributed by atoms with Gasteiger partial charge in [-0.25, -0.2) is 0 Å². The predicted molar refractivity (Wildman–Crippen MR) is 7.15 cm³/mol. The van der Waals surface area contributed by atoms with E-state index >= 15 is 0 Å². The predicted octanol–water partition coefficient (Wildman–Crippen LogP) is -0.659. The summed E-state index contributed by atoms with van der Waals surface area (Å²) in [6.45, 7) is 0. The zero-order chi connectivity index (χ0) is 0. The Morgan fingerprint density at radius 1 is 1.00 bits per heavy atom. The summed E-state index contributed by atoms with van der Waals surface area (Å²) in [7, 11) is 0. The number of rotatable bonds is 0. The Labute approximate surface area is 89.6 Å². The molecule has 0 aromatic rings. The molecule has 0 aliphatic rings. The Kier molecular flexibility index (Phi) is 264. The minimum Gasteiger partial charge on any atom is 0 e. The quantitative estimate of drug-likeness (QED) is 0.483. The van der Waals surface area contributed by atoms with Crippen LogP contribution in [0.5, 0.6) is 0 Å². The van der Waals surface area contributed by atoms with E-state index in [0.29, 0.717) is 0 Å². The summed E-state index contributed by atoms with van der Waals surface area (Å²) in [5, 5.41) is 0. The van der Waals surface area contributed by atoms with Crippen molar-refractivity contribution in [2.24, 2.45) is 0 Å². The molecule has 0 bridgehead atoms. The van der Waals surface area contributed by atoms with Crippen molar-refractivity contribution in [2.75, 3.05) is 0 Å². The van der Waals surface area contributed by atoms with E-state index in [2.05, 4.69) is 0 Å². The number of hydrogen-bond acceptors (Lipinski definition) is 0. The van der Waals surface area contributed by atoms with Crippen molar-refractivity contribution in [2.45, 2.75) is 0 Å². The van der Waals surface area contributed by atoms with Gasteiger partial charge in [0.15, 0.2) is 0 Å². The van der Waals surface area contributed by atoms with Gasteiger partial charge in [0, 0.05) is 72.1 Å². The van der Waals surface area contributed by atoms with E-state index in [1.165, 1.54) is 0 Å². The molecule has 0 atom stereocenters. The average Bonchev–Trinajstić information content (AvgIpc) is 0. The van der Waals surface area contributed by atoms with E-state index < -0.39 is 0 Å². The molecule has 0 saturated carbocycles. The van der Waals surface area contributed by atoms with E-state index in [1.54, 1.807) is 0 Å². The summed E-state index contributed by atoms with van der Waals surface area (Å²) < 4.78 is 0. The van der Waals surface area contributed by atoms with Crippen LogP contribution in [-0.2, 0) is 72.1 Å². The number of hydrogen-bond donors (Lipinski definition) is 0. The van der Waals surface area contributed by atoms with Gasteiger partial charge in [0.25, 0.3) is 0 Å².